The third kappa shape index (κ3) is 5.50. The van der Waals surface area contributed by atoms with E-state index in [0.717, 1.165) is 27.8 Å². The summed E-state index contributed by atoms with van der Waals surface area (Å²) < 4.78 is 6.95. The number of aliphatic carboxylic acids is 1. The minimum Gasteiger partial charge on any atom is -0.480 e. The minimum atomic E-state index is -0.895. The number of carboxylic acids is 1. The van der Waals surface area contributed by atoms with Crippen molar-refractivity contribution in [3.8, 4) is 0 Å². The number of carbonyl (C=O) groups excluding carboxylic acids is 1. The van der Waals surface area contributed by atoms with Crippen molar-refractivity contribution in [3.63, 3.8) is 0 Å². The zero-order chi connectivity index (χ0) is 21.9. The predicted molar refractivity (Wildman–Crippen MR) is 115 cm³/mol. The van der Waals surface area contributed by atoms with Crippen LogP contribution < -0.4 is 10.6 Å². The SMILES string of the molecule is Cc1cc(CNC(=O)OC(C)(C)C)cc(Nc2cccc3c2ccn3CC(=O)O)n1. The Morgan fingerprint density at radius 2 is 1.97 bits per heavy atom. The molecule has 8 heteroatoms. The lowest BCUT2D eigenvalue weighted by atomic mass is 10.2. The van der Waals surface area contributed by atoms with Gasteiger partial charge in [-0.25, -0.2) is 9.78 Å². The number of alkyl carbamates (subject to hydrolysis) is 1. The van der Waals surface area contributed by atoms with Crippen LogP contribution in [0.25, 0.3) is 10.9 Å². The molecule has 0 atom stereocenters. The van der Waals surface area contributed by atoms with Crippen LogP contribution in [-0.4, -0.2) is 32.3 Å². The number of ether oxygens (including phenoxy) is 1. The molecule has 0 aliphatic heterocycles. The van der Waals surface area contributed by atoms with Gasteiger partial charge < -0.3 is 25.0 Å². The van der Waals surface area contributed by atoms with Crippen molar-refractivity contribution in [2.24, 2.45) is 0 Å². The highest BCUT2D eigenvalue weighted by atomic mass is 16.6. The van der Waals surface area contributed by atoms with E-state index < -0.39 is 17.7 Å². The summed E-state index contributed by atoms with van der Waals surface area (Å²) in [6.07, 6.45) is 1.28. The van der Waals surface area contributed by atoms with E-state index in [0.29, 0.717) is 12.4 Å². The first-order chi connectivity index (χ1) is 14.1. The summed E-state index contributed by atoms with van der Waals surface area (Å²) in [5.74, 6) is -0.261. The number of pyridine rings is 1. The summed E-state index contributed by atoms with van der Waals surface area (Å²) in [6, 6.07) is 11.3. The van der Waals surface area contributed by atoms with Crippen molar-refractivity contribution in [2.75, 3.05) is 5.32 Å². The maximum absolute atomic E-state index is 11.9. The molecule has 0 spiro atoms. The third-order valence-corrected chi connectivity index (χ3v) is 4.23. The Labute approximate surface area is 174 Å². The Morgan fingerprint density at radius 3 is 2.67 bits per heavy atom. The molecule has 2 aromatic heterocycles. The molecule has 0 fully saturated rings. The Balaban J connectivity index is 1.78. The summed E-state index contributed by atoms with van der Waals surface area (Å²) in [7, 11) is 0. The van der Waals surface area contributed by atoms with Gasteiger partial charge in [0.2, 0.25) is 0 Å². The number of benzene rings is 1. The molecular weight excluding hydrogens is 384 g/mol. The number of hydrogen-bond acceptors (Lipinski definition) is 5. The third-order valence-electron chi connectivity index (χ3n) is 4.23. The van der Waals surface area contributed by atoms with Gasteiger partial charge in [0.15, 0.2) is 0 Å². The van der Waals surface area contributed by atoms with E-state index >= 15 is 0 Å². The second kappa shape index (κ2) is 8.44. The number of nitrogens with zero attached hydrogens (tertiary/aromatic N) is 2. The summed E-state index contributed by atoms with van der Waals surface area (Å²) in [6.45, 7) is 7.54. The zero-order valence-corrected chi connectivity index (χ0v) is 17.5. The molecule has 0 saturated carbocycles. The van der Waals surface area contributed by atoms with Gasteiger partial charge >= 0.3 is 12.1 Å². The van der Waals surface area contributed by atoms with Gasteiger partial charge in [0.05, 0.1) is 5.52 Å². The van der Waals surface area contributed by atoms with Crippen molar-refractivity contribution in [1.29, 1.82) is 0 Å². The van der Waals surface area contributed by atoms with Crippen LogP contribution in [-0.2, 0) is 22.6 Å². The van der Waals surface area contributed by atoms with Gasteiger partial charge in [-0.1, -0.05) is 6.07 Å². The van der Waals surface area contributed by atoms with Crippen molar-refractivity contribution < 1.29 is 19.4 Å². The van der Waals surface area contributed by atoms with Gasteiger partial charge in [-0.15, -0.1) is 0 Å². The van der Waals surface area contributed by atoms with Crippen molar-refractivity contribution in [2.45, 2.75) is 46.4 Å². The molecule has 3 rings (SSSR count). The van der Waals surface area contributed by atoms with Crippen molar-refractivity contribution >= 4 is 34.5 Å². The summed E-state index contributed by atoms with van der Waals surface area (Å²) in [5.41, 5.74) is 2.77. The highest BCUT2D eigenvalue weighted by molar-refractivity contribution is 5.94. The second-order valence-corrected chi connectivity index (χ2v) is 8.06. The second-order valence-electron chi connectivity index (χ2n) is 8.06. The Morgan fingerprint density at radius 1 is 1.20 bits per heavy atom. The smallest absolute Gasteiger partial charge is 0.407 e. The molecule has 1 amide bonds. The molecule has 30 heavy (non-hydrogen) atoms. The summed E-state index contributed by atoms with van der Waals surface area (Å²) in [4.78, 5) is 27.5. The Kier molecular flexibility index (Phi) is 5.96. The van der Waals surface area contributed by atoms with Crippen molar-refractivity contribution in [3.05, 3.63) is 53.9 Å². The number of anilines is 2. The van der Waals surface area contributed by atoms with Gasteiger partial charge in [-0.05, 0) is 63.6 Å². The molecule has 0 unspecified atom stereocenters. The minimum absolute atomic E-state index is 0.101. The molecule has 0 aliphatic rings. The molecule has 3 aromatic rings. The summed E-state index contributed by atoms with van der Waals surface area (Å²) in [5, 5.41) is 16.0. The molecule has 3 N–H and O–H groups in total. The fourth-order valence-electron chi connectivity index (χ4n) is 3.15. The van der Waals surface area contributed by atoms with Crippen LogP contribution in [0.1, 0.15) is 32.0 Å². The van der Waals surface area contributed by atoms with Crippen LogP contribution in [0.2, 0.25) is 0 Å². The van der Waals surface area contributed by atoms with Gasteiger partial charge in [-0.2, -0.15) is 0 Å². The van der Waals surface area contributed by atoms with Gasteiger partial charge in [0.1, 0.15) is 18.0 Å². The monoisotopic (exact) mass is 410 g/mol. The number of carboxylic acid groups (broad SMARTS) is 1. The van der Waals surface area contributed by atoms with Crippen LogP contribution in [0, 0.1) is 6.92 Å². The maximum atomic E-state index is 11.9. The van der Waals surface area contributed by atoms with E-state index in [1.54, 1.807) is 10.8 Å². The topological polar surface area (TPSA) is 105 Å². The average Bonchev–Trinajstić information content (AvgIpc) is 3.01. The fourth-order valence-corrected chi connectivity index (χ4v) is 3.15. The first-order valence-corrected chi connectivity index (χ1v) is 9.62. The highest BCUT2D eigenvalue weighted by Gasteiger charge is 2.16. The van der Waals surface area contributed by atoms with E-state index in [-0.39, 0.29) is 6.54 Å². The standard InChI is InChI=1S/C22H26N4O4/c1-14-10-15(12-23-21(29)30-22(2,3)4)11-19(24-14)25-17-6-5-7-18-16(17)8-9-26(18)13-20(27)28/h5-11H,12-13H2,1-4H3,(H,23,29)(H,24,25)(H,27,28). The first-order valence-electron chi connectivity index (χ1n) is 9.62. The molecule has 158 valence electrons. The molecule has 2 heterocycles. The van der Waals surface area contributed by atoms with Crippen LogP contribution in [0.5, 0.6) is 0 Å². The van der Waals surface area contributed by atoms with Crippen LogP contribution in [0.4, 0.5) is 16.3 Å². The molecule has 1 aromatic carbocycles. The highest BCUT2D eigenvalue weighted by Crippen LogP contribution is 2.27. The Hall–Kier alpha value is -3.55. The van der Waals surface area contributed by atoms with E-state index in [1.165, 1.54) is 0 Å². The van der Waals surface area contributed by atoms with Crippen LogP contribution >= 0.6 is 0 Å². The Bertz CT molecular complexity index is 1080. The average molecular weight is 410 g/mol. The number of aryl methyl sites for hydroxylation is 1. The fraction of sp³-hybridized carbons (Fsp3) is 0.318. The van der Waals surface area contributed by atoms with Gasteiger partial charge in [0.25, 0.3) is 0 Å². The van der Waals surface area contributed by atoms with E-state index in [4.69, 9.17) is 9.84 Å². The molecule has 0 saturated heterocycles. The number of carbonyl (C=O) groups is 2. The normalized spacial score (nSPS) is 11.3. The predicted octanol–water partition coefficient (Wildman–Crippen LogP) is 4.20. The number of fused-ring (bicyclic) bond motifs is 1. The molecule has 0 aliphatic carbocycles. The van der Waals surface area contributed by atoms with Crippen LogP contribution in [0.3, 0.4) is 0 Å². The number of nitrogens with one attached hydrogen (secondary N) is 2. The molecule has 0 radical (unpaired) electrons. The molecule has 8 nitrogen and oxygen atoms in total. The molecule has 0 bridgehead atoms. The van der Waals surface area contributed by atoms with Crippen molar-refractivity contribution in [1.82, 2.24) is 14.9 Å². The zero-order valence-electron chi connectivity index (χ0n) is 17.5. The first kappa shape index (κ1) is 21.2. The largest absolute Gasteiger partial charge is 0.480 e. The van der Waals surface area contributed by atoms with Crippen LogP contribution in [0.15, 0.2) is 42.6 Å². The number of rotatable bonds is 6. The van der Waals surface area contributed by atoms with E-state index in [2.05, 4.69) is 15.6 Å². The van der Waals surface area contributed by atoms with Gasteiger partial charge in [-0.3, -0.25) is 4.79 Å². The number of hydrogen-bond donors (Lipinski definition) is 3. The van der Waals surface area contributed by atoms with E-state index in [1.807, 2.05) is 64.1 Å². The lowest BCUT2D eigenvalue weighted by molar-refractivity contribution is -0.137. The lowest BCUT2D eigenvalue weighted by Gasteiger charge is -2.19. The number of aromatic nitrogens is 2. The molecular formula is C22H26N4O4. The van der Waals surface area contributed by atoms with Gasteiger partial charge in [0, 0.05) is 29.5 Å². The van der Waals surface area contributed by atoms with E-state index in [9.17, 15) is 9.59 Å². The maximum Gasteiger partial charge on any atom is 0.407 e. The quantitative estimate of drug-likeness (QED) is 0.562. The summed E-state index contributed by atoms with van der Waals surface area (Å²) >= 11 is 0. The lowest BCUT2D eigenvalue weighted by Crippen LogP contribution is -2.32. The number of amides is 1.